The van der Waals surface area contributed by atoms with Crippen molar-refractivity contribution in [2.45, 2.75) is 40.0 Å². The van der Waals surface area contributed by atoms with Crippen molar-refractivity contribution >= 4 is 0 Å². The summed E-state index contributed by atoms with van der Waals surface area (Å²) >= 11 is 0. The minimum absolute atomic E-state index is 0.808. The molecular weight excluding hydrogens is 144 g/mol. The topological polar surface area (TPSA) is 0 Å². The molecule has 0 fully saturated rings. The van der Waals surface area contributed by atoms with Crippen LogP contribution in [0.2, 0.25) is 0 Å². The lowest BCUT2D eigenvalue weighted by atomic mass is 9.76. The SMILES string of the molecule is C=C1C=C(C)C(CCC)C(C)C1. The smallest absolute Gasteiger partial charge is 0.0174 e. The van der Waals surface area contributed by atoms with Crippen LogP contribution in [-0.2, 0) is 0 Å². The van der Waals surface area contributed by atoms with Gasteiger partial charge in [-0.2, -0.15) is 0 Å². The van der Waals surface area contributed by atoms with Crippen molar-refractivity contribution in [3.63, 3.8) is 0 Å². The highest BCUT2D eigenvalue weighted by Gasteiger charge is 2.22. The van der Waals surface area contributed by atoms with Crippen molar-refractivity contribution < 1.29 is 0 Å². The van der Waals surface area contributed by atoms with Gasteiger partial charge in [-0.3, -0.25) is 0 Å². The minimum Gasteiger partial charge on any atom is -0.0958 e. The molecule has 0 spiro atoms. The average molecular weight is 164 g/mol. The Hall–Kier alpha value is -0.520. The first-order valence-electron chi connectivity index (χ1n) is 5.01. The van der Waals surface area contributed by atoms with Gasteiger partial charge in [0, 0.05) is 0 Å². The second-order valence-corrected chi connectivity index (χ2v) is 4.12. The Kier molecular flexibility index (Phi) is 3.13. The Morgan fingerprint density at radius 2 is 2.25 bits per heavy atom. The van der Waals surface area contributed by atoms with Crippen molar-refractivity contribution in [2.24, 2.45) is 11.8 Å². The van der Waals surface area contributed by atoms with Crippen LogP contribution in [0.15, 0.2) is 23.8 Å². The van der Waals surface area contributed by atoms with Crippen LogP contribution in [0.3, 0.4) is 0 Å². The van der Waals surface area contributed by atoms with Crippen molar-refractivity contribution in [1.29, 1.82) is 0 Å². The Labute approximate surface area is 76.4 Å². The maximum absolute atomic E-state index is 4.03. The molecule has 0 heterocycles. The molecular formula is C12H20. The van der Waals surface area contributed by atoms with Gasteiger partial charge in [0.15, 0.2) is 0 Å². The van der Waals surface area contributed by atoms with Crippen LogP contribution in [0.25, 0.3) is 0 Å². The fraction of sp³-hybridized carbons (Fsp3) is 0.667. The van der Waals surface area contributed by atoms with E-state index in [1.165, 1.54) is 24.8 Å². The van der Waals surface area contributed by atoms with Crippen molar-refractivity contribution in [3.8, 4) is 0 Å². The summed E-state index contributed by atoms with van der Waals surface area (Å²) in [5.41, 5.74) is 2.85. The molecule has 0 aromatic rings. The number of hydrogen-bond donors (Lipinski definition) is 0. The molecule has 12 heavy (non-hydrogen) atoms. The predicted octanol–water partition coefficient (Wildman–Crippen LogP) is 3.95. The zero-order chi connectivity index (χ0) is 9.14. The van der Waals surface area contributed by atoms with Gasteiger partial charge in [0.25, 0.3) is 0 Å². The summed E-state index contributed by atoms with van der Waals surface area (Å²) in [5.74, 6) is 1.63. The molecule has 0 saturated heterocycles. The molecule has 0 nitrogen and oxygen atoms in total. The summed E-state index contributed by atoms with van der Waals surface area (Å²) in [7, 11) is 0. The van der Waals surface area contributed by atoms with Gasteiger partial charge in [0.05, 0.1) is 0 Å². The van der Waals surface area contributed by atoms with Gasteiger partial charge in [0.2, 0.25) is 0 Å². The molecule has 1 aliphatic rings. The second-order valence-electron chi connectivity index (χ2n) is 4.12. The van der Waals surface area contributed by atoms with Gasteiger partial charge in [-0.1, -0.05) is 44.1 Å². The van der Waals surface area contributed by atoms with Gasteiger partial charge >= 0.3 is 0 Å². The third-order valence-electron chi connectivity index (χ3n) is 2.89. The maximum atomic E-state index is 4.03. The summed E-state index contributed by atoms with van der Waals surface area (Å²) in [6.45, 7) is 10.9. The van der Waals surface area contributed by atoms with Crippen LogP contribution in [0.4, 0.5) is 0 Å². The molecule has 0 bridgehead atoms. The first-order valence-corrected chi connectivity index (χ1v) is 5.01. The molecule has 0 aromatic heterocycles. The van der Waals surface area contributed by atoms with Crippen LogP contribution in [-0.4, -0.2) is 0 Å². The highest BCUT2D eigenvalue weighted by Crippen LogP contribution is 2.34. The number of hydrogen-bond acceptors (Lipinski definition) is 0. The summed E-state index contributed by atoms with van der Waals surface area (Å²) < 4.78 is 0. The molecule has 2 unspecified atom stereocenters. The zero-order valence-electron chi connectivity index (χ0n) is 8.56. The molecule has 0 radical (unpaired) electrons. The van der Waals surface area contributed by atoms with E-state index in [9.17, 15) is 0 Å². The Bertz CT molecular complexity index is 198. The van der Waals surface area contributed by atoms with Gasteiger partial charge in [0.1, 0.15) is 0 Å². The van der Waals surface area contributed by atoms with E-state index in [1.807, 2.05) is 0 Å². The van der Waals surface area contributed by atoms with E-state index in [1.54, 1.807) is 5.57 Å². The lowest BCUT2D eigenvalue weighted by Crippen LogP contribution is -2.17. The van der Waals surface area contributed by atoms with Crippen LogP contribution in [0.1, 0.15) is 40.0 Å². The van der Waals surface area contributed by atoms with Gasteiger partial charge in [-0.25, -0.2) is 0 Å². The van der Waals surface area contributed by atoms with Crippen molar-refractivity contribution in [1.82, 2.24) is 0 Å². The largest absolute Gasteiger partial charge is 0.0958 e. The highest BCUT2D eigenvalue weighted by molar-refractivity contribution is 5.26. The van der Waals surface area contributed by atoms with Crippen LogP contribution < -0.4 is 0 Å². The van der Waals surface area contributed by atoms with E-state index in [0.717, 1.165) is 11.8 Å². The second kappa shape index (κ2) is 3.93. The Morgan fingerprint density at radius 3 is 2.75 bits per heavy atom. The van der Waals surface area contributed by atoms with Gasteiger partial charge < -0.3 is 0 Å². The van der Waals surface area contributed by atoms with E-state index in [-0.39, 0.29) is 0 Å². The molecule has 1 rings (SSSR count). The quantitative estimate of drug-likeness (QED) is 0.580. The molecule has 1 aliphatic carbocycles. The van der Waals surface area contributed by atoms with Crippen LogP contribution in [0.5, 0.6) is 0 Å². The summed E-state index contributed by atoms with van der Waals surface area (Å²) in [6.07, 6.45) is 6.12. The van der Waals surface area contributed by atoms with E-state index < -0.39 is 0 Å². The third kappa shape index (κ3) is 2.00. The van der Waals surface area contributed by atoms with E-state index in [2.05, 4.69) is 33.4 Å². The summed E-state index contributed by atoms with van der Waals surface area (Å²) in [6, 6.07) is 0. The monoisotopic (exact) mass is 164 g/mol. The molecule has 0 aliphatic heterocycles. The van der Waals surface area contributed by atoms with E-state index >= 15 is 0 Å². The van der Waals surface area contributed by atoms with Crippen LogP contribution in [0, 0.1) is 11.8 Å². The summed E-state index contributed by atoms with van der Waals surface area (Å²) in [4.78, 5) is 0. The molecule has 0 aromatic carbocycles. The van der Waals surface area contributed by atoms with Gasteiger partial charge in [-0.05, 0) is 31.6 Å². The fourth-order valence-corrected chi connectivity index (χ4v) is 2.32. The molecule has 0 saturated carbocycles. The van der Waals surface area contributed by atoms with E-state index in [0.29, 0.717) is 0 Å². The molecule has 0 N–H and O–H groups in total. The Balaban J connectivity index is 2.71. The molecule has 0 heteroatoms. The lowest BCUT2D eigenvalue weighted by Gasteiger charge is -2.29. The minimum atomic E-state index is 0.808. The first kappa shape index (κ1) is 9.57. The first-order chi connectivity index (χ1) is 5.65. The standard InChI is InChI=1S/C12H20/c1-5-6-12-10(3)7-9(2)8-11(12)4/h7,11-12H,2,5-6,8H2,1,3-4H3. The normalized spacial score (nSPS) is 30.2. The zero-order valence-corrected chi connectivity index (χ0v) is 8.56. The summed E-state index contributed by atoms with van der Waals surface area (Å²) in [5, 5.41) is 0. The molecule has 2 atom stereocenters. The highest BCUT2D eigenvalue weighted by atomic mass is 14.3. The number of rotatable bonds is 2. The number of allylic oxidation sites excluding steroid dienone is 3. The van der Waals surface area contributed by atoms with E-state index in [4.69, 9.17) is 0 Å². The van der Waals surface area contributed by atoms with Gasteiger partial charge in [-0.15, -0.1) is 0 Å². The molecule has 0 amide bonds. The van der Waals surface area contributed by atoms with Crippen molar-refractivity contribution in [3.05, 3.63) is 23.8 Å². The Morgan fingerprint density at radius 1 is 1.58 bits per heavy atom. The van der Waals surface area contributed by atoms with Crippen molar-refractivity contribution in [2.75, 3.05) is 0 Å². The predicted molar refractivity (Wildman–Crippen MR) is 55.1 cm³/mol. The molecule has 68 valence electrons. The van der Waals surface area contributed by atoms with Crippen LogP contribution >= 0.6 is 0 Å². The average Bonchev–Trinajstić information content (AvgIpc) is 1.96. The third-order valence-corrected chi connectivity index (χ3v) is 2.89. The fourth-order valence-electron chi connectivity index (χ4n) is 2.32. The maximum Gasteiger partial charge on any atom is -0.0174 e. The lowest BCUT2D eigenvalue weighted by molar-refractivity contribution is 0.370.